The van der Waals surface area contributed by atoms with Crippen molar-refractivity contribution in [1.82, 2.24) is 24.6 Å². The highest BCUT2D eigenvalue weighted by molar-refractivity contribution is 7.98. The molecule has 0 unspecified atom stereocenters. The van der Waals surface area contributed by atoms with Crippen LogP contribution < -0.4 is 5.32 Å². The molecule has 0 aliphatic rings. The third-order valence-corrected chi connectivity index (χ3v) is 5.07. The second kappa shape index (κ2) is 8.89. The summed E-state index contributed by atoms with van der Waals surface area (Å²) in [6.45, 7) is 0.752. The van der Waals surface area contributed by atoms with Crippen LogP contribution in [0, 0.1) is 0 Å². The fourth-order valence-corrected chi connectivity index (χ4v) is 3.55. The molecule has 1 amide bonds. The first-order valence-corrected chi connectivity index (χ1v) is 10.3. The minimum atomic E-state index is -0.0722. The van der Waals surface area contributed by atoms with Gasteiger partial charge in [-0.15, -0.1) is 0 Å². The summed E-state index contributed by atoms with van der Waals surface area (Å²) in [5.41, 5.74) is 2.05. The maximum Gasteiger partial charge on any atom is 0.220 e. The van der Waals surface area contributed by atoms with Crippen LogP contribution in [0.5, 0.6) is 0 Å². The Morgan fingerprint density at radius 2 is 2.15 bits per heavy atom. The normalized spacial score (nSPS) is 12.4. The van der Waals surface area contributed by atoms with E-state index >= 15 is 0 Å². The second-order valence-electron chi connectivity index (χ2n) is 6.29. The molecule has 3 rings (SSSR count). The van der Waals surface area contributed by atoms with Crippen LogP contribution in [-0.2, 0) is 18.4 Å². The first-order valence-electron chi connectivity index (χ1n) is 8.86. The topological polar surface area (TPSA) is 64.7 Å². The summed E-state index contributed by atoms with van der Waals surface area (Å²) in [6.07, 6.45) is 7.87. The number of aromatic nitrogens is 4. The number of hydrogen-bond acceptors (Lipinski definition) is 4. The van der Waals surface area contributed by atoms with Crippen LogP contribution in [0.4, 0.5) is 0 Å². The maximum absolute atomic E-state index is 12.5. The Kier molecular flexibility index (Phi) is 6.33. The van der Waals surface area contributed by atoms with Crippen LogP contribution >= 0.6 is 11.8 Å². The Balaban J connectivity index is 1.66. The Labute approximate surface area is 158 Å². The number of benzene rings is 1. The van der Waals surface area contributed by atoms with E-state index < -0.39 is 0 Å². The van der Waals surface area contributed by atoms with E-state index in [1.807, 2.05) is 42.2 Å². The van der Waals surface area contributed by atoms with Gasteiger partial charge in [0.25, 0.3) is 0 Å². The standard InChI is InChI=1S/C19H25N5OS/c1-23-17-8-4-3-7-15(17)22-19(23)16(10-14-26-2)21-18(25)9-5-12-24-13-6-11-20-24/h3-4,6-8,11,13,16H,5,9-10,12,14H2,1-2H3,(H,21,25)/t16-/m0/s1. The van der Waals surface area contributed by atoms with Crippen LogP contribution in [0.15, 0.2) is 42.7 Å². The smallest absolute Gasteiger partial charge is 0.220 e. The van der Waals surface area contributed by atoms with E-state index in [0.717, 1.165) is 42.0 Å². The first kappa shape index (κ1) is 18.5. The van der Waals surface area contributed by atoms with Crippen molar-refractivity contribution in [3.05, 3.63) is 48.5 Å². The van der Waals surface area contributed by atoms with Crippen molar-refractivity contribution in [2.45, 2.75) is 31.8 Å². The number of thioether (sulfide) groups is 1. The van der Waals surface area contributed by atoms with Gasteiger partial charge in [0.15, 0.2) is 0 Å². The number of rotatable bonds is 9. The molecule has 2 heterocycles. The summed E-state index contributed by atoms with van der Waals surface area (Å²) in [4.78, 5) is 17.2. The molecule has 0 saturated heterocycles. The monoisotopic (exact) mass is 371 g/mol. The number of nitrogens with zero attached hydrogens (tertiary/aromatic N) is 4. The minimum Gasteiger partial charge on any atom is -0.346 e. The number of imidazole rings is 1. The Morgan fingerprint density at radius 3 is 2.88 bits per heavy atom. The van der Waals surface area contributed by atoms with Crippen molar-refractivity contribution >= 4 is 28.7 Å². The summed E-state index contributed by atoms with van der Waals surface area (Å²) < 4.78 is 3.94. The molecule has 0 spiro atoms. The minimum absolute atomic E-state index is 0.0651. The molecule has 6 nitrogen and oxygen atoms in total. The molecule has 0 saturated carbocycles. The highest BCUT2D eigenvalue weighted by Gasteiger charge is 2.20. The van der Waals surface area contributed by atoms with Gasteiger partial charge < -0.3 is 9.88 Å². The third-order valence-electron chi connectivity index (χ3n) is 4.43. The average Bonchev–Trinajstić information content (AvgIpc) is 3.27. The highest BCUT2D eigenvalue weighted by Crippen LogP contribution is 2.23. The Bertz CT molecular complexity index is 843. The van der Waals surface area contributed by atoms with Gasteiger partial charge in [-0.3, -0.25) is 9.48 Å². The lowest BCUT2D eigenvalue weighted by Gasteiger charge is -2.18. The molecule has 0 aliphatic carbocycles. The molecule has 2 aromatic heterocycles. The predicted octanol–water partition coefficient (Wildman–Crippen LogP) is 3.16. The largest absolute Gasteiger partial charge is 0.346 e. The van der Waals surface area contributed by atoms with Crippen molar-refractivity contribution in [1.29, 1.82) is 0 Å². The zero-order valence-electron chi connectivity index (χ0n) is 15.3. The molecule has 0 radical (unpaired) electrons. The van der Waals surface area contributed by atoms with Gasteiger partial charge in [-0.2, -0.15) is 16.9 Å². The van der Waals surface area contributed by atoms with Crippen LogP contribution in [-0.4, -0.2) is 37.2 Å². The lowest BCUT2D eigenvalue weighted by molar-refractivity contribution is -0.122. The van der Waals surface area contributed by atoms with E-state index in [4.69, 9.17) is 4.98 Å². The summed E-state index contributed by atoms with van der Waals surface area (Å²) in [6, 6.07) is 9.89. The number of nitrogens with one attached hydrogen (secondary N) is 1. The maximum atomic E-state index is 12.5. The van der Waals surface area contributed by atoms with Crippen LogP contribution in [0.1, 0.15) is 31.1 Å². The highest BCUT2D eigenvalue weighted by atomic mass is 32.2. The van der Waals surface area contributed by atoms with Crippen LogP contribution in [0.2, 0.25) is 0 Å². The summed E-state index contributed by atoms with van der Waals surface area (Å²) in [5, 5.41) is 7.35. The quantitative estimate of drug-likeness (QED) is 0.627. The lowest BCUT2D eigenvalue weighted by Crippen LogP contribution is -2.30. The van der Waals surface area contributed by atoms with Gasteiger partial charge in [-0.1, -0.05) is 12.1 Å². The number of amides is 1. The van der Waals surface area contributed by atoms with E-state index in [-0.39, 0.29) is 11.9 Å². The van der Waals surface area contributed by atoms with E-state index in [1.54, 1.807) is 18.0 Å². The fourth-order valence-electron chi connectivity index (χ4n) is 3.08. The number of para-hydroxylation sites is 2. The molecule has 0 aliphatic heterocycles. The molecule has 26 heavy (non-hydrogen) atoms. The molecule has 0 bridgehead atoms. The number of fused-ring (bicyclic) bond motifs is 1. The molecule has 1 N–H and O–H groups in total. The molecular formula is C19H25N5OS. The summed E-state index contributed by atoms with van der Waals surface area (Å²) in [7, 11) is 2.01. The van der Waals surface area contributed by atoms with E-state index in [2.05, 4.69) is 27.3 Å². The third kappa shape index (κ3) is 4.46. The van der Waals surface area contributed by atoms with Crippen LogP contribution in [0.25, 0.3) is 11.0 Å². The SMILES string of the molecule is CSCC[C@H](NC(=O)CCCn1cccn1)c1nc2ccccc2n1C. The summed E-state index contributed by atoms with van der Waals surface area (Å²) in [5.74, 6) is 1.96. The number of carbonyl (C=O) groups excluding carboxylic acids is 1. The van der Waals surface area contributed by atoms with Crippen molar-refractivity contribution in [3.63, 3.8) is 0 Å². The van der Waals surface area contributed by atoms with Crippen LogP contribution in [0.3, 0.4) is 0 Å². The Hall–Kier alpha value is -2.28. The van der Waals surface area contributed by atoms with Gasteiger partial charge in [0.05, 0.1) is 17.1 Å². The predicted molar refractivity (Wildman–Crippen MR) is 106 cm³/mol. The zero-order chi connectivity index (χ0) is 18.4. The zero-order valence-corrected chi connectivity index (χ0v) is 16.1. The molecular weight excluding hydrogens is 346 g/mol. The first-order chi connectivity index (χ1) is 12.7. The molecule has 1 atom stereocenters. The van der Waals surface area contributed by atoms with Crippen molar-refractivity contribution in [2.24, 2.45) is 7.05 Å². The lowest BCUT2D eigenvalue weighted by atomic mass is 10.2. The fraction of sp³-hybridized carbons (Fsp3) is 0.421. The Morgan fingerprint density at radius 1 is 1.31 bits per heavy atom. The van der Waals surface area contributed by atoms with E-state index in [9.17, 15) is 4.79 Å². The van der Waals surface area contributed by atoms with Gasteiger partial charge in [-0.25, -0.2) is 4.98 Å². The molecule has 138 valence electrons. The number of aryl methyl sites for hydroxylation is 2. The van der Waals surface area contributed by atoms with Crippen molar-refractivity contribution in [2.75, 3.05) is 12.0 Å². The summed E-state index contributed by atoms with van der Waals surface area (Å²) >= 11 is 1.78. The van der Waals surface area contributed by atoms with Gasteiger partial charge >= 0.3 is 0 Å². The second-order valence-corrected chi connectivity index (χ2v) is 7.28. The van der Waals surface area contributed by atoms with Gasteiger partial charge in [0.1, 0.15) is 5.82 Å². The molecule has 3 aromatic rings. The molecule has 0 fully saturated rings. The van der Waals surface area contributed by atoms with E-state index in [0.29, 0.717) is 6.42 Å². The van der Waals surface area contributed by atoms with Gasteiger partial charge in [0.2, 0.25) is 5.91 Å². The number of carbonyl (C=O) groups is 1. The van der Waals surface area contributed by atoms with Gasteiger partial charge in [-0.05, 0) is 43.0 Å². The molecule has 1 aromatic carbocycles. The van der Waals surface area contributed by atoms with Crippen molar-refractivity contribution in [3.8, 4) is 0 Å². The van der Waals surface area contributed by atoms with Crippen molar-refractivity contribution < 1.29 is 4.79 Å². The van der Waals surface area contributed by atoms with Gasteiger partial charge in [0, 0.05) is 32.4 Å². The number of hydrogen-bond donors (Lipinski definition) is 1. The van der Waals surface area contributed by atoms with E-state index in [1.165, 1.54) is 0 Å². The molecule has 7 heteroatoms. The average molecular weight is 372 g/mol.